The Morgan fingerprint density at radius 2 is 1.49 bits per heavy atom. The molecule has 2 aliphatic rings. The van der Waals surface area contributed by atoms with E-state index in [0.29, 0.717) is 17.1 Å². The minimum absolute atomic E-state index is 0.208. The van der Waals surface area contributed by atoms with Gasteiger partial charge in [-0.25, -0.2) is 5.43 Å². The van der Waals surface area contributed by atoms with Crippen molar-refractivity contribution in [1.29, 1.82) is 0 Å². The van der Waals surface area contributed by atoms with Crippen LogP contribution in [0.15, 0.2) is 76.3 Å². The second-order valence-corrected chi connectivity index (χ2v) is 9.52. The van der Waals surface area contributed by atoms with Crippen LogP contribution in [-0.2, 0) is 13.1 Å². The lowest BCUT2D eigenvalue weighted by molar-refractivity contribution is 0.0955. The van der Waals surface area contributed by atoms with Gasteiger partial charge >= 0.3 is 0 Å². The average molecular weight is 535 g/mol. The molecule has 0 radical (unpaired) electrons. The number of nitrogens with zero attached hydrogens (tertiary/aromatic N) is 3. The number of hydrazone groups is 1. The molecule has 1 fully saturated rings. The first kappa shape index (κ1) is 23.5. The van der Waals surface area contributed by atoms with Crippen molar-refractivity contribution in [3.8, 4) is 11.5 Å². The van der Waals surface area contributed by atoms with E-state index in [1.54, 1.807) is 6.21 Å². The fourth-order valence-corrected chi connectivity index (χ4v) is 4.65. The van der Waals surface area contributed by atoms with E-state index in [0.717, 1.165) is 49.3 Å². The summed E-state index contributed by atoms with van der Waals surface area (Å²) in [4.78, 5) is 17.5. The van der Waals surface area contributed by atoms with Crippen molar-refractivity contribution < 1.29 is 14.3 Å². The second-order valence-electron chi connectivity index (χ2n) is 8.66. The van der Waals surface area contributed by atoms with Gasteiger partial charge in [-0.05, 0) is 51.3 Å². The Morgan fingerprint density at radius 3 is 2.14 bits per heavy atom. The van der Waals surface area contributed by atoms with Crippen LogP contribution in [0, 0.1) is 0 Å². The van der Waals surface area contributed by atoms with Gasteiger partial charge in [0.1, 0.15) is 0 Å². The Hall–Kier alpha value is -3.20. The maximum absolute atomic E-state index is 12.5. The van der Waals surface area contributed by atoms with E-state index in [2.05, 4.69) is 66.6 Å². The normalized spacial score (nSPS) is 16.0. The molecule has 7 nitrogen and oxygen atoms in total. The lowest BCUT2D eigenvalue weighted by Crippen LogP contribution is -2.45. The standard InChI is InChI=1S/C27H27BrN4O3/c28-24-15-26-25(34-19-35-26)14-23(24)16-29-30-27(33)22-8-6-21(7-9-22)18-32-12-10-31(11-13-32)17-20-4-2-1-3-5-20/h1-9,14-16H,10-13,17-19H2,(H,30,33)/b29-16-. The number of carbonyl (C=O) groups excluding carboxylic acids is 1. The van der Waals surface area contributed by atoms with Crippen molar-refractivity contribution in [2.75, 3.05) is 33.0 Å². The molecule has 3 aromatic carbocycles. The lowest BCUT2D eigenvalue weighted by atomic mass is 10.1. The molecule has 1 N–H and O–H groups in total. The van der Waals surface area contributed by atoms with E-state index < -0.39 is 0 Å². The van der Waals surface area contributed by atoms with Gasteiger partial charge in [0.05, 0.1) is 6.21 Å². The third-order valence-corrected chi connectivity index (χ3v) is 6.88. The minimum Gasteiger partial charge on any atom is -0.454 e. The molecule has 1 saturated heterocycles. The van der Waals surface area contributed by atoms with Crippen molar-refractivity contribution in [3.05, 3.63) is 93.5 Å². The summed E-state index contributed by atoms with van der Waals surface area (Å²) < 4.78 is 11.5. The summed E-state index contributed by atoms with van der Waals surface area (Å²) in [6.07, 6.45) is 1.58. The zero-order valence-electron chi connectivity index (χ0n) is 19.3. The number of hydrogen-bond donors (Lipinski definition) is 1. The molecule has 180 valence electrons. The third-order valence-electron chi connectivity index (χ3n) is 6.20. The summed E-state index contributed by atoms with van der Waals surface area (Å²) in [5, 5.41) is 4.09. The van der Waals surface area contributed by atoms with Crippen LogP contribution in [0.5, 0.6) is 11.5 Å². The molecule has 0 spiro atoms. The van der Waals surface area contributed by atoms with Crippen LogP contribution in [0.25, 0.3) is 0 Å². The van der Waals surface area contributed by atoms with E-state index in [1.807, 2.05) is 36.4 Å². The van der Waals surface area contributed by atoms with Crippen molar-refractivity contribution >= 4 is 28.1 Å². The molecular weight excluding hydrogens is 508 g/mol. The van der Waals surface area contributed by atoms with E-state index in [1.165, 1.54) is 11.1 Å². The average Bonchev–Trinajstić information content (AvgIpc) is 3.33. The van der Waals surface area contributed by atoms with Gasteiger partial charge in [-0.3, -0.25) is 14.6 Å². The number of piperazine rings is 1. The van der Waals surface area contributed by atoms with Crippen LogP contribution in [0.4, 0.5) is 0 Å². The van der Waals surface area contributed by atoms with Crippen LogP contribution in [0.1, 0.15) is 27.0 Å². The first-order valence-corrected chi connectivity index (χ1v) is 12.4. The molecular formula is C27H27BrN4O3. The number of benzene rings is 3. The van der Waals surface area contributed by atoms with Gasteiger partial charge in [0, 0.05) is 54.9 Å². The number of halogens is 1. The largest absolute Gasteiger partial charge is 0.454 e. The molecule has 3 aromatic rings. The zero-order valence-corrected chi connectivity index (χ0v) is 20.9. The maximum atomic E-state index is 12.5. The highest BCUT2D eigenvalue weighted by molar-refractivity contribution is 9.10. The van der Waals surface area contributed by atoms with E-state index in [9.17, 15) is 4.79 Å². The van der Waals surface area contributed by atoms with Crippen LogP contribution in [0.2, 0.25) is 0 Å². The van der Waals surface area contributed by atoms with Crippen molar-refractivity contribution in [2.45, 2.75) is 13.1 Å². The summed E-state index contributed by atoms with van der Waals surface area (Å²) >= 11 is 3.48. The predicted molar refractivity (Wildman–Crippen MR) is 139 cm³/mol. The molecule has 8 heteroatoms. The molecule has 0 unspecified atom stereocenters. The van der Waals surface area contributed by atoms with Crippen LogP contribution < -0.4 is 14.9 Å². The highest BCUT2D eigenvalue weighted by Gasteiger charge is 2.18. The molecule has 5 rings (SSSR count). The molecule has 2 heterocycles. The van der Waals surface area contributed by atoms with E-state index >= 15 is 0 Å². The molecule has 0 bridgehead atoms. The topological polar surface area (TPSA) is 66.4 Å². The monoisotopic (exact) mass is 534 g/mol. The number of nitrogens with one attached hydrogen (secondary N) is 1. The van der Waals surface area contributed by atoms with Gasteiger partial charge in [-0.15, -0.1) is 0 Å². The summed E-state index contributed by atoms with van der Waals surface area (Å²) in [6, 6.07) is 22.0. The summed E-state index contributed by atoms with van der Waals surface area (Å²) in [7, 11) is 0. The molecule has 0 atom stereocenters. The third kappa shape index (κ3) is 6.08. The quantitative estimate of drug-likeness (QED) is 0.362. The number of amides is 1. The number of carbonyl (C=O) groups is 1. The number of hydrogen-bond acceptors (Lipinski definition) is 6. The second kappa shape index (κ2) is 11.0. The molecule has 0 saturated carbocycles. The fourth-order valence-electron chi connectivity index (χ4n) is 4.22. The Kier molecular flexibility index (Phi) is 7.42. The van der Waals surface area contributed by atoms with Gasteiger partial charge in [0.25, 0.3) is 5.91 Å². The fraction of sp³-hybridized carbons (Fsp3) is 0.259. The Balaban J connectivity index is 1.09. The highest BCUT2D eigenvalue weighted by atomic mass is 79.9. The zero-order chi connectivity index (χ0) is 24.0. The Morgan fingerprint density at radius 1 is 0.886 bits per heavy atom. The number of fused-ring (bicyclic) bond motifs is 1. The van der Waals surface area contributed by atoms with Gasteiger partial charge in [0.2, 0.25) is 6.79 Å². The molecule has 1 amide bonds. The van der Waals surface area contributed by atoms with Crippen LogP contribution in [-0.4, -0.2) is 54.9 Å². The maximum Gasteiger partial charge on any atom is 0.271 e. The summed E-state index contributed by atoms with van der Waals surface area (Å²) in [6.45, 7) is 6.31. The predicted octanol–water partition coefficient (Wildman–Crippen LogP) is 4.26. The highest BCUT2D eigenvalue weighted by Crippen LogP contribution is 2.36. The van der Waals surface area contributed by atoms with Crippen LogP contribution in [0.3, 0.4) is 0 Å². The SMILES string of the molecule is O=C(N/N=C\c1cc2c(cc1Br)OCO2)c1ccc(CN2CCN(Cc3ccccc3)CC2)cc1. The number of ether oxygens (including phenoxy) is 2. The smallest absolute Gasteiger partial charge is 0.271 e. The molecule has 0 aliphatic carbocycles. The van der Waals surface area contributed by atoms with Crippen molar-refractivity contribution in [1.82, 2.24) is 15.2 Å². The van der Waals surface area contributed by atoms with E-state index in [-0.39, 0.29) is 12.7 Å². The van der Waals surface area contributed by atoms with Gasteiger partial charge in [-0.1, -0.05) is 42.5 Å². The minimum atomic E-state index is -0.251. The van der Waals surface area contributed by atoms with Gasteiger partial charge in [0.15, 0.2) is 11.5 Å². The Bertz CT molecular complexity index is 1190. The van der Waals surface area contributed by atoms with Gasteiger partial charge in [-0.2, -0.15) is 5.10 Å². The Labute approximate surface area is 213 Å². The van der Waals surface area contributed by atoms with Crippen molar-refractivity contribution in [3.63, 3.8) is 0 Å². The number of rotatable bonds is 7. The first-order valence-electron chi connectivity index (χ1n) is 11.6. The van der Waals surface area contributed by atoms with Gasteiger partial charge < -0.3 is 9.47 Å². The van der Waals surface area contributed by atoms with Crippen molar-refractivity contribution in [2.24, 2.45) is 5.10 Å². The van der Waals surface area contributed by atoms with Crippen LogP contribution >= 0.6 is 15.9 Å². The summed E-state index contributed by atoms with van der Waals surface area (Å²) in [5.74, 6) is 1.10. The first-order chi connectivity index (χ1) is 17.1. The molecule has 0 aromatic heterocycles. The van der Waals surface area contributed by atoms with E-state index in [4.69, 9.17) is 9.47 Å². The lowest BCUT2D eigenvalue weighted by Gasteiger charge is -2.34. The molecule has 2 aliphatic heterocycles. The summed E-state index contributed by atoms with van der Waals surface area (Å²) in [5.41, 5.74) is 6.51. The molecule has 35 heavy (non-hydrogen) atoms.